The van der Waals surface area contributed by atoms with E-state index in [1.807, 2.05) is 36.4 Å². The highest BCUT2D eigenvalue weighted by Crippen LogP contribution is 2.26. The SMILES string of the molecule is CC(=O)C1=C(OB(c2ccccc2)c2ccccc2)CCCC1. The third-order valence-electron chi connectivity index (χ3n) is 4.31. The first-order valence-corrected chi connectivity index (χ1v) is 8.25. The molecule has 0 heterocycles. The van der Waals surface area contributed by atoms with Gasteiger partial charge in [-0.2, -0.15) is 0 Å². The molecule has 1 aliphatic rings. The number of ketones is 1. The summed E-state index contributed by atoms with van der Waals surface area (Å²) in [5.74, 6) is 1.01. The third kappa shape index (κ3) is 3.73. The van der Waals surface area contributed by atoms with Gasteiger partial charge in [-0.3, -0.25) is 4.79 Å². The van der Waals surface area contributed by atoms with Gasteiger partial charge >= 0.3 is 6.92 Å². The zero-order chi connectivity index (χ0) is 16.1. The van der Waals surface area contributed by atoms with Crippen molar-refractivity contribution < 1.29 is 9.45 Å². The summed E-state index contributed by atoms with van der Waals surface area (Å²) in [6.45, 7) is 1.48. The summed E-state index contributed by atoms with van der Waals surface area (Å²) in [5, 5.41) is 0. The summed E-state index contributed by atoms with van der Waals surface area (Å²) in [4.78, 5) is 11.9. The average Bonchev–Trinajstić information content (AvgIpc) is 2.61. The summed E-state index contributed by atoms with van der Waals surface area (Å²) in [6.07, 6.45) is 3.84. The van der Waals surface area contributed by atoms with Crippen molar-refractivity contribution in [2.24, 2.45) is 0 Å². The van der Waals surface area contributed by atoms with Gasteiger partial charge in [0.15, 0.2) is 5.78 Å². The number of hydrogen-bond donors (Lipinski definition) is 0. The van der Waals surface area contributed by atoms with Crippen LogP contribution in [0.25, 0.3) is 0 Å². The topological polar surface area (TPSA) is 26.3 Å². The Morgan fingerprint density at radius 2 is 1.39 bits per heavy atom. The largest absolute Gasteiger partial charge is 0.554 e. The van der Waals surface area contributed by atoms with Gasteiger partial charge in [0.25, 0.3) is 0 Å². The molecule has 0 saturated heterocycles. The minimum atomic E-state index is -0.167. The molecule has 0 aromatic heterocycles. The van der Waals surface area contributed by atoms with Gasteiger partial charge in [0.2, 0.25) is 0 Å². The highest BCUT2D eigenvalue weighted by Gasteiger charge is 2.27. The lowest BCUT2D eigenvalue weighted by molar-refractivity contribution is -0.114. The van der Waals surface area contributed by atoms with Gasteiger partial charge in [0, 0.05) is 12.0 Å². The van der Waals surface area contributed by atoms with Crippen molar-refractivity contribution in [3.63, 3.8) is 0 Å². The maximum absolute atomic E-state index is 11.9. The fraction of sp³-hybridized carbons (Fsp3) is 0.250. The number of rotatable bonds is 5. The summed E-state index contributed by atoms with van der Waals surface area (Å²) in [7, 11) is 0. The van der Waals surface area contributed by atoms with E-state index in [1.165, 1.54) is 0 Å². The van der Waals surface area contributed by atoms with E-state index in [-0.39, 0.29) is 12.7 Å². The van der Waals surface area contributed by atoms with Gasteiger partial charge in [-0.05, 0) is 37.1 Å². The second-order valence-corrected chi connectivity index (χ2v) is 5.98. The second-order valence-electron chi connectivity index (χ2n) is 5.98. The molecule has 116 valence electrons. The Bertz CT molecular complexity index is 653. The molecule has 3 heteroatoms. The van der Waals surface area contributed by atoms with Crippen molar-refractivity contribution >= 4 is 23.6 Å². The van der Waals surface area contributed by atoms with Crippen LogP contribution >= 0.6 is 0 Å². The number of benzene rings is 2. The fourth-order valence-corrected chi connectivity index (χ4v) is 3.11. The Hall–Kier alpha value is -2.29. The molecule has 0 unspecified atom stereocenters. The van der Waals surface area contributed by atoms with Crippen LogP contribution in [0.15, 0.2) is 72.0 Å². The number of Topliss-reactive ketones (excluding diaryl/α,β-unsaturated/α-hetero) is 1. The molecule has 0 aliphatic heterocycles. The molecule has 0 fully saturated rings. The molecule has 0 radical (unpaired) electrons. The lowest BCUT2D eigenvalue weighted by atomic mass is 9.55. The van der Waals surface area contributed by atoms with Crippen LogP contribution in [-0.4, -0.2) is 12.7 Å². The smallest absolute Gasteiger partial charge is 0.426 e. The Morgan fingerprint density at radius 1 is 0.870 bits per heavy atom. The second kappa shape index (κ2) is 7.32. The van der Waals surface area contributed by atoms with Crippen LogP contribution in [0.3, 0.4) is 0 Å². The molecule has 2 nitrogen and oxygen atoms in total. The average molecular weight is 304 g/mol. The van der Waals surface area contributed by atoms with Crippen LogP contribution in [-0.2, 0) is 9.45 Å². The molecule has 0 bridgehead atoms. The molecular weight excluding hydrogens is 283 g/mol. The van der Waals surface area contributed by atoms with Crippen molar-refractivity contribution in [2.75, 3.05) is 0 Å². The maximum atomic E-state index is 11.9. The quantitative estimate of drug-likeness (QED) is 0.793. The first-order valence-electron chi connectivity index (χ1n) is 8.25. The van der Waals surface area contributed by atoms with Crippen LogP contribution in [0.5, 0.6) is 0 Å². The zero-order valence-electron chi connectivity index (χ0n) is 13.5. The summed E-state index contributed by atoms with van der Waals surface area (Å²) in [5.41, 5.74) is 3.09. The highest BCUT2D eigenvalue weighted by atomic mass is 16.4. The van der Waals surface area contributed by atoms with E-state index in [9.17, 15) is 4.79 Å². The molecule has 3 rings (SSSR count). The summed E-state index contributed by atoms with van der Waals surface area (Å²) >= 11 is 0. The van der Waals surface area contributed by atoms with Crippen molar-refractivity contribution in [3.05, 3.63) is 72.0 Å². The molecule has 0 amide bonds. The van der Waals surface area contributed by atoms with Crippen LogP contribution in [0.1, 0.15) is 32.6 Å². The molecular formula is C20H21BO2. The van der Waals surface area contributed by atoms with E-state index in [1.54, 1.807) is 6.92 Å². The Balaban J connectivity index is 1.98. The van der Waals surface area contributed by atoms with Gasteiger partial charge < -0.3 is 4.65 Å². The monoisotopic (exact) mass is 304 g/mol. The van der Waals surface area contributed by atoms with Crippen LogP contribution in [0, 0.1) is 0 Å². The Labute approximate surface area is 138 Å². The first-order chi connectivity index (χ1) is 11.3. The third-order valence-corrected chi connectivity index (χ3v) is 4.31. The van der Waals surface area contributed by atoms with E-state index in [2.05, 4.69) is 24.3 Å². The van der Waals surface area contributed by atoms with Gasteiger partial charge in [0.1, 0.15) is 0 Å². The number of hydrogen-bond acceptors (Lipinski definition) is 2. The van der Waals surface area contributed by atoms with E-state index < -0.39 is 0 Å². The maximum Gasteiger partial charge on any atom is 0.426 e. The predicted octanol–water partition coefficient (Wildman–Crippen LogP) is 3.23. The molecule has 0 spiro atoms. The lowest BCUT2D eigenvalue weighted by Gasteiger charge is -2.24. The van der Waals surface area contributed by atoms with Crippen LogP contribution in [0.4, 0.5) is 0 Å². The fourth-order valence-electron chi connectivity index (χ4n) is 3.11. The standard InChI is InChI=1S/C20H21BO2/c1-16(22)19-14-8-9-15-20(19)23-21(17-10-4-2-5-11-17)18-12-6-3-7-13-18/h2-7,10-13H,8-9,14-15H2,1H3. The minimum Gasteiger partial charge on any atom is -0.554 e. The zero-order valence-corrected chi connectivity index (χ0v) is 13.5. The van der Waals surface area contributed by atoms with Gasteiger partial charge in [-0.1, -0.05) is 60.7 Å². The highest BCUT2D eigenvalue weighted by molar-refractivity contribution is 6.80. The van der Waals surface area contributed by atoms with Crippen molar-refractivity contribution in [1.29, 1.82) is 0 Å². The Kier molecular flexibility index (Phi) is 4.97. The number of allylic oxidation sites excluding steroid dienone is 2. The number of carbonyl (C=O) groups excluding carboxylic acids is 1. The molecule has 2 aromatic rings. The summed E-state index contributed by atoms with van der Waals surface area (Å²) < 4.78 is 6.40. The van der Waals surface area contributed by atoms with E-state index in [0.717, 1.165) is 47.9 Å². The Morgan fingerprint density at radius 3 is 1.91 bits per heavy atom. The first kappa shape index (κ1) is 15.6. The molecule has 0 N–H and O–H groups in total. The molecule has 1 aliphatic carbocycles. The predicted molar refractivity (Wildman–Crippen MR) is 95.2 cm³/mol. The summed E-state index contributed by atoms with van der Waals surface area (Å²) in [6, 6.07) is 20.4. The number of carbonyl (C=O) groups is 1. The van der Waals surface area contributed by atoms with Gasteiger partial charge in [-0.25, -0.2) is 0 Å². The van der Waals surface area contributed by atoms with Crippen molar-refractivity contribution in [1.82, 2.24) is 0 Å². The lowest BCUT2D eigenvalue weighted by Crippen LogP contribution is -2.45. The molecule has 2 aromatic carbocycles. The van der Waals surface area contributed by atoms with Crippen LogP contribution in [0.2, 0.25) is 0 Å². The minimum absolute atomic E-state index is 0.138. The van der Waals surface area contributed by atoms with E-state index in [4.69, 9.17) is 4.65 Å². The normalized spacial score (nSPS) is 14.5. The molecule has 23 heavy (non-hydrogen) atoms. The molecule has 0 saturated carbocycles. The van der Waals surface area contributed by atoms with E-state index in [0.29, 0.717) is 0 Å². The van der Waals surface area contributed by atoms with Gasteiger partial charge in [-0.15, -0.1) is 0 Å². The van der Waals surface area contributed by atoms with E-state index >= 15 is 0 Å². The molecule has 0 atom stereocenters. The van der Waals surface area contributed by atoms with Gasteiger partial charge in [0.05, 0.1) is 5.76 Å². The van der Waals surface area contributed by atoms with Crippen molar-refractivity contribution in [2.45, 2.75) is 32.6 Å². The van der Waals surface area contributed by atoms with Crippen LogP contribution < -0.4 is 10.9 Å². The van der Waals surface area contributed by atoms with Crippen molar-refractivity contribution in [3.8, 4) is 0 Å².